The van der Waals surface area contributed by atoms with E-state index in [1.807, 2.05) is 31.2 Å². The van der Waals surface area contributed by atoms with Gasteiger partial charge in [0.25, 0.3) is 0 Å². The van der Waals surface area contributed by atoms with Crippen molar-refractivity contribution in [3.05, 3.63) is 53.6 Å². The number of benzene rings is 2. The molecule has 2 aromatic rings. The Morgan fingerprint density at radius 1 is 0.933 bits per heavy atom. The van der Waals surface area contributed by atoms with Gasteiger partial charge in [0, 0.05) is 25.7 Å². The van der Waals surface area contributed by atoms with E-state index in [1.165, 1.54) is 6.07 Å². The number of hydrogen-bond acceptors (Lipinski definition) is 4. The summed E-state index contributed by atoms with van der Waals surface area (Å²) in [5.41, 5.74) is 1.86. The van der Waals surface area contributed by atoms with E-state index in [1.54, 1.807) is 26.1 Å². The molecule has 0 heterocycles. The molecular formula is C21H28F2IN3O3. The molecule has 0 bridgehead atoms. The van der Waals surface area contributed by atoms with Gasteiger partial charge < -0.3 is 24.8 Å². The van der Waals surface area contributed by atoms with Crippen molar-refractivity contribution in [1.29, 1.82) is 0 Å². The predicted molar refractivity (Wildman–Crippen MR) is 124 cm³/mol. The zero-order chi connectivity index (χ0) is 21.1. The number of alkyl halides is 2. The fourth-order valence-corrected chi connectivity index (χ4v) is 2.66. The van der Waals surface area contributed by atoms with Gasteiger partial charge in [-0.1, -0.05) is 24.3 Å². The number of aliphatic imine (C=N–C) groups is 1. The van der Waals surface area contributed by atoms with Gasteiger partial charge in [-0.3, -0.25) is 4.99 Å². The van der Waals surface area contributed by atoms with Gasteiger partial charge in [0.2, 0.25) is 0 Å². The van der Waals surface area contributed by atoms with E-state index in [2.05, 4.69) is 20.4 Å². The van der Waals surface area contributed by atoms with Gasteiger partial charge in [0.15, 0.2) is 17.5 Å². The zero-order valence-electron chi connectivity index (χ0n) is 17.3. The largest absolute Gasteiger partial charge is 0.494 e. The lowest BCUT2D eigenvalue weighted by Crippen LogP contribution is -2.36. The van der Waals surface area contributed by atoms with E-state index < -0.39 is 6.61 Å². The fraction of sp³-hybridized carbons (Fsp3) is 0.381. The highest BCUT2D eigenvalue weighted by atomic mass is 127. The Morgan fingerprint density at radius 3 is 2.27 bits per heavy atom. The molecule has 166 valence electrons. The van der Waals surface area contributed by atoms with Gasteiger partial charge >= 0.3 is 6.61 Å². The van der Waals surface area contributed by atoms with Crippen LogP contribution in [0.3, 0.4) is 0 Å². The van der Waals surface area contributed by atoms with Crippen molar-refractivity contribution in [2.45, 2.75) is 33.5 Å². The molecular weight excluding hydrogens is 507 g/mol. The molecule has 30 heavy (non-hydrogen) atoms. The van der Waals surface area contributed by atoms with Crippen molar-refractivity contribution in [2.75, 3.05) is 20.3 Å². The number of nitrogens with one attached hydrogen (secondary N) is 2. The van der Waals surface area contributed by atoms with Crippen LogP contribution in [0.1, 0.15) is 25.0 Å². The monoisotopic (exact) mass is 535 g/mol. The summed E-state index contributed by atoms with van der Waals surface area (Å²) >= 11 is 0. The summed E-state index contributed by atoms with van der Waals surface area (Å²) in [6.45, 7) is 2.74. The first-order valence-corrected chi connectivity index (χ1v) is 9.43. The average molecular weight is 535 g/mol. The summed E-state index contributed by atoms with van der Waals surface area (Å²) in [6, 6.07) is 12.6. The number of guanidine groups is 1. The van der Waals surface area contributed by atoms with Crippen LogP contribution in [-0.2, 0) is 13.1 Å². The first-order chi connectivity index (χ1) is 14.1. The highest BCUT2D eigenvalue weighted by Crippen LogP contribution is 2.29. The van der Waals surface area contributed by atoms with Crippen LogP contribution < -0.4 is 24.8 Å². The summed E-state index contributed by atoms with van der Waals surface area (Å²) in [5.74, 6) is 1.72. The molecule has 6 nitrogen and oxygen atoms in total. The molecule has 0 aliphatic carbocycles. The van der Waals surface area contributed by atoms with Crippen molar-refractivity contribution >= 4 is 29.9 Å². The molecule has 0 spiro atoms. The Balaban J connectivity index is 0.00000450. The van der Waals surface area contributed by atoms with Crippen LogP contribution in [0.25, 0.3) is 0 Å². The van der Waals surface area contributed by atoms with Gasteiger partial charge in [-0.15, -0.1) is 24.0 Å². The molecule has 0 unspecified atom stereocenters. The van der Waals surface area contributed by atoms with Crippen molar-refractivity contribution in [2.24, 2.45) is 4.99 Å². The lowest BCUT2D eigenvalue weighted by atomic mass is 10.2. The van der Waals surface area contributed by atoms with Gasteiger partial charge in [-0.25, -0.2) is 0 Å². The number of nitrogens with zero attached hydrogens (tertiary/aromatic N) is 1. The molecule has 2 N–H and O–H groups in total. The quantitative estimate of drug-likeness (QED) is 0.265. The second kappa shape index (κ2) is 13.8. The fourth-order valence-electron chi connectivity index (χ4n) is 2.66. The smallest absolute Gasteiger partial charge is 0.387 e. The minimum atomic E-state index is -2.90. The highest BCUT2D eigenvalue weighted by Gasteiger charge is 2.12. The number of halogens is 3. The van der Waals surface area contributed by atoms with Crippen molar-refractivity contribution in [3.63, 3.8) is 0 Å². The van der Waals surface area contributed by atoms with Crippen LogP contribution in [0.15, 0.2) is 47.5 Å². The Labute approximate surface area is 193 Å². The molecule has 0 atom stereocenters. The van der Waals surface area contributed by atoms with Crippen LogP contribution in [0.4, 0.5) is 8.78 Å². The molecule has 9 heteroatoms. The Kier molecular flexibility index (Phi) is 11.9. The molecule has 0 amide bonds. The minimum absolute atomic E-state index is 0. The molecule has 0 radical (unpaired) electrons. The lowest BCUT2D eigenvalue weighted by molar-refractivity contribution is -0.0514. The summed E-state index contributed by atoms with van der Waals surface area (Å²) in [4.78, 5) is 4.21. The molecule has 2 rings (SSSR count). The average Bonchev–Trinajstić information content (AvgIpc) is 2.71. The molecule has 0 aromatic heterocycles. The summed E-state index contributed by atoms with van der Waals surface area (Å²) < 4.78 is 40.6. The number of hydrogen-bond donors (Lipinski definition) is 2. The molecule has 0 saturated heterocycles. The maximum absolute atomic E-state index is 12.5. The third kappa shape index (κ3) is 8.21. The van der Waals surface area contributed by atoms with E-state index in [-0.39, 0.29) is 35.5 Å². The Bertz CT molecular complexity index is 807. The molecule has 0 saturated carbocycles. The van der Waals surface area contributed by atoms with Crippen LogP contribution in [-0.4, -0.2) is 32.8 Å². The van der Waals surface area contributed by atoms with Gasteiger partial charge in [0.05, 0.1) is 13.2 Å². The van der Waals surface area contributed by atoms with Crippen molar-refractivity contribution in [3.8, 4) is 17.2 Å². The van der Waals surface area contributed by atoms with Crippen molar-refractivity contribution < 1.29 is 23.0 Å². The van der Waals surface area contributed by atoms with Gasteiger partial charge in [-0.05, 0) is 37.6 Å². The number of ether oxygens (including phenoxy) is 3. The lowest BCUT2D eigenvalue weighted by Gasteiger charge is -2.16. The molecule has 0 fully saturated rings. The molecule has 0 aliphatic heterocycles. The summed E-state index contributed by atoms with van der Waals surface area (Å²) in [5, 5.41) is 6.43. The topological polar surface area (TPSA) is 64.1 Å². The van der Waals surface area contributed by atoms with Crippen molar-refractivity contribution in [1.82, 2.24) is 10.6 Å². The number of rotatable bonds is 10. The van der Waals surface area contributed by atoms with E-state index in [9.17, 15) is 8.78 Å². The Hall–Kier alpha value is -2.30. The number of para-hydroxylation sites is 1. The van der Waals surface area contributed by atoms with E-state index in [4.69, 9.17) is 9.47 Å². The second-order valence-electron chi connectivity index (χ2n) is 5.91. The molecule has 2 aromatic carbocycles. The predicted octanol–water partition coefficient (Wildman–Crippen LogP) is 4.57. The van der Waals surface area contributed by atoms with E-state index in [0.717, 1.165) is 16.9 Å². The Morgan fingerprint density at radius 2 is 1.60 bits per heavy atom. The first kappa shape index (κ1) is 25.7. The third-order valence-electron chi connectivity index (χ3n) is 3.93. The van der Waals surface area contributed by atoms with Crippen LogP contribution in [0.5, 0.6) is 17.2 Å². The second-order valence-corrected chi connectivity index (χ2v) is 5.91. The standard InChI is InChI=1S/C21H27F2N3O3.HI/c1-4-27-17-9-7-6-8-16(17)14-26-21(24-3)25-13-15-10-11-18(29-20(22)23)19(12-15)28-5-2;/h6-12,20H,4-5,13-14H2,1-3H3,(H2,24,25,26);1H. The van der Waals surface area contributed by atoms with Crippen LogP contribution >= 0.6 is 24.0 Å². The highest BCUT2D eigenvalue weighted by molar-refractivity contribution is 14.0. The normalized spacial score (nSPS) is 10.9. The SMILES string of the molecule is CCOc1ccccc1CNC(=NC)NCc1ccc(OC(F)F)c(OCC)c1.I. The maximum Gasteiger partial charge on any atom is 0.387 e. The van der Waals surface area contributed by atoms with E-state index >= 15 is 0 Å². The van der Waals surface area contributed by atoms with Gasteiger partial charge in [-0.2, -0.15) is 8.78 Å². The minimum Gasteiger partial charge on any atom is -0.494 e. The summed E-state index contributed by atoms with van der Waals surface area (Å²) in [7, 11) is 1.68. The first-order valence-electron chi connectivity index (χ1n) is 9.43. The maximum atomic E-state index is 12.5. The zero-order valence-corrected chi connectivity index (χ0v) is 19.6. The van der Waals surface area contributed by atoms with Crippen LogP contribution in [0, 0.1) is 0 Å². The van der Waals surface area contributed by atoms with Gasteiger partial charge in [0.1, 0.15) is 5.75 Å². The summed E-state index contributed by atoms with van der Waals surface area (Å²) in [6.07, 6.45) is 0. The van der Waals surface area contributed by atoms with Crippen LogP contribution in [0.2, 0.25) is 0 Å². The molecule has 0 aliphatic rings. The van der Waals surface area contributed by atoms with E-state index in [0.29, 0.717) is 32.3 Å². The third-order valence-corrected chi connectivity index (χ3v) is 3.93.